The monoisotopic (exact) mass is 253 g/mol. The lowest BCUT2D eigenvalue weighted by molar-refractivity contribution is -0.135. The fourth-order valence-corrected chi connectivity index (χ4v) is 3.07. The first-order valence-corrected chi connectivity index (χ1v) is 7.48. The normalized spacial score (nSPS) is 26.3. The third-order valence-corrected chi connectivity index (χ3v) is 4.34. The summed E-state index contributed by atoms with van der Waals surface area (Å²) >= 11 is 0. The molecule has 0 aliphatic carbocycles. The van der Waals surface area contributed by atoms with Crippen LogP contribution in [-0.4, -0.2) is 50.1 Å². The lowest BCUT2D eigenvalue weighted by atomic mass is 9.92. The lowest BCUT2D eigenvalue weighted by Crippen LogP contribution is -2.50. The van der Waals surface area contributed by atoms with Gasteiger partial charge in [0.25, 0.3) is 0 Å². The van der Waals surface area contributed by atoms with Crippen LogP contribution in [0.4, 0.5) is 0 Å². The molecule has 4 nitrogen and oxygen atoms in total. The van der Waals surface area contributed by atoms with E-state index < -0.39 is 0 Å². The Morgan fingerprint density at radius 1 is 1.28 bits per heavy atom. The highest BCUT2D eigenvalue weighted by Gasteiger charge is 2.28. The zero-order valence-electron chi connectivity index (χ0n) is 11.6. The highest BCUT2D eigenvalue weighted by atomic mass is 16.2. The van der Waals surface area contributed by atoms with Crippen molar-refractivity contribution >= 4 is 5.91 Å². The van der Waals surface area contributed by atoms with Crippen molar-refractivity contribution in [1.82, 2.24) is 15.5 Å². The Kier molecular flexibility index (Phi) is 5.45. The minimum Gasteiger partial charge on any atom is -0.341 e. The molecule has 18 heavy (non-hydrogen) atoms. The van der Waals surface area contributed by atoms with E-state index >= 15 is 0 Å². The summed E-state index contributed by atoms with van der Waals surface area (Å²) in [4.78, 5) is 14.4. The van der Waals surface area contributed by atoms with Gasteiger partial charge in [-0.15, -0.1) is 0 Å². The molecule has 2 N–H and O–H groups in total. The predicted molar refractivity (Wildman–Crippen MR) is 73.5 cm³/mol. The number of hydrogen-bond donors (Lipinski definition) is 2. The maximum atomic E-state index is 12.3. The number of likely N-dealkylation sites (tertiary alicyclic amines) is 1. The highest BCUT2D eigenvalue weighted by Crippen LogP contribution is 2.21. The average Bonchev–Trinajstić information content (AvgIpc) is 2.46. The minimum atomic E-state index is 0.104. The molecule has 2 fully saturated rings. The molecule has 2 saturated heterocycles. The summed E-state index contributed by atoms with van der Waals surface area (Å²) in [6.07, 6.45) is 7.05. The summed E-state index contributed by atoms with van der Waals surface area (Å²) in [5.41, 5.74) is 0. The number of piperidine rings is 2. The average molecular weight is 253 g/mol. The van der Waals surface area contributed by atoms with E-state index in [9.17, 15) is 4.79 Å². The summed E-state index contributed by atoms with van der Waals surface area (Å²) in [6, 6.07) is 0.104. The van der Waals surface area contributed by atoms with E-state index in [0.717, 1.165) is 38.5 Å². The van der Waals surface area contributed by atoms with Gasteiger partial charge in [-0.3, -0.25) is 4.79 Å². The molecular formula is C14H27N3O. The molecule has 0 radical (unpaired) electrons. The van der Waals surface area contributed by atoms with E-state index in [0.29, 0.717) is 5.91 Å². The van der Waals surface area contributed by atoms with Gasteiger partial charge in [-0.25, -0.2) is 0 Å². The van der Waals surface area contributed by atoms with Crippen LogP contribution in [0.1, 0.15) is 38.5 Å². The van der Waals surface area contributed by atoms with Crippen LogP contribution in [0.5, 0.6) is 0 Å². The first-order chi connectivity index (χ1) is 8.81. The Labute approximate surface area is 110 Å². The van der Waals surface area contributed by atoms with Crippen LogP contribution in [0.2, 0.25) is 0 Å². The van der Waals surface area contributed by atoms with Crippen molar-refractivity contribution in [2.45, 2.75) is 44.6 Å². The molecule has 2 aliphatic heterocycles. The first kappa shape index (κ1) is 13.8. The van der Waals surface area contributed by atoms with Gasteiger partial charge in [0.1, 0.15) is 0 Å². The zero-order valence-corrected chi connectivity index (χ0v) is 11.6. The van der Waals surface area contributed by atoms with E-state index in [2.05, 4.69) is 15.5 Å². The zero-order chi connectivity index (χ0) is 12.8. The third-order valence-electron chi connectivity index (χ3n) is 4.34. The predicted octanol–water partition coefficient (Wildman–Crippen LogP) is 0.977. The van der Waals surface area contributed by atoms with Crippen molar-refractivity contribution in [2.75, 3.05) is 33.2 Å². The molecular weight excluding hydrogens is 226 g/mol. The van der Waals surface area contributed by atoms with Crippen LogP contribution >= 0.6 is 0 Å². The molecule has 0 unspecified atom stereocenters. The summed E-state index contributed by atoms with van der Waals surface area (Å²) in [5.74, 6) is 1.16. The Balaban J connectivity index is 1.73. The molecule has 104 valence electrons. The van der Waals surface area contributed by atoms with Gasteiger partial charge in [0, 0.05) is 13.1 Å². The topological polar surface area (TPSA) is 44.4 Å². The molecule has 2 rings (SSSR count). The summed E-state index contributed by atoms with van der Waals surface area (Å²) in [7, 11) is 2.01. The fourth-order valence-electron chi connectivity index (χ4n) is 3.07. The van der Waals surface area contributed by atoms with E-state index in [1.165, 1.54) is 32.1 Å². The number of rotatable bonds is 4. The third kappa shape index (κ3) is 3.69. The largest absolute Gasteiger partial charge is 0.341 e. The molecule has 2 aliphatic rings. The van der Waals surface area contributed by atoms with Crippen LogP contribution in [-0.2, 0) is 4.79 Å². The lowest BCUT2D eigenvalue weighted by Gasteiger charge is -2.35. The van der Waals surface area contributed by atoms with Crippen molar-refractivity contribution in [2.24, 2.45) is 5.92 Å². The Hall–Kier alpha value is -0.610. The number of nitrogens with zero attached hydrogens (tertiary/aromatic N) is 1. The molecule has 0 bridgehead atoms. The molecule has 0 aromatic carbocycles. The van der Waals surface area contributed by atoms with Crippen LogP contribution in [0, 0.1) is 5.92 Å². The smallest absolute Gasteiger partial charge is 0.239 e. The number of amides is 1. The van der Waals surface area contributed by atoms with Crippen molar-refractivity contribution in [3.63, 3.8) is 0 Å². The molecule has 0 aromatic heterocycles. The maximum Gasteiger partial charge on any atom is 0.239 e. The van der Waals surface area contributed by atoms with Crippen LogP contribution in [0.15, 0.2) is 0 Å². The standard InChI is InChI=1S/C14H27N3O/c1-15-9-5-12-6-10-17(11-7-12)14(18)13-4-2-3-8-16-13/h12-13,15-16H,2-11H2,1H3/t13-/m1/s1. The maximum absolute atomic E-state index is 12.3. The molecule has 0 saturated carbocycles. The van der Waals surface area contributed by atoms with E-state index in [1.807, 2.05) is 7.05 Å². The Morgan fingerprint density at radius 2 is 2.06 bits per heavy atom. The summed E-state index contributed by atoms with van der Waals surface area (Å²) < 4.78 is 0. The molecule has 2 heterocycles. The highest BCUT2D eigenvalue weighted by molar-refractivity contribution is 5.82. The van der Waals surface area contributed by atoms with E-state index in [1.54, 1.807) is 0 Å². The van der Waals surface area contributed by atoms with Gasteiger partial charge in [0.15, 0.2) is 0 Å². The minimum absolute atomic E-state index is 0.104. The Morgan fingerprint density at radius 3 is 2.67 bits per heavy atom. The van der Waals surface area contributed by atoms with Crippen molar-refractivity contribution < 1.29 is 4.79 Å². The number of carbonyl (C=O) groups is 1. The van der Waals surface area contributed by atoms with Crippen LogP contribution in [0.25, 0.3) is 0 Å². The quantitative estimate of drug-likeness (QED) is 0.785. The second-order valence-electron chi connectivity index (χ2n) is 5.66. The molecule has 0 aromatic rings. The van der Waals surface area contributed by atoms with Gasteiger partial charge >= 0.3 is 0 Å². The second-order valence-corrected chi connectivity index (χ2v) is 5.66. The van der Waals surface area contributed by atoms with E-state index in [4.69, 9.17) is 0 Å². The van der Waals surface area contributed by atoms with Crippen LogP contribution in [0.3, 0.4) is 0 Å². The van der Waals surface area contributed by atoms with Crippen molar-refractivity contribution in [1.29, 1.82) is 0 Å². The number of hydrogen-bond acceptors (Lipinski definition) is 3. The van der Waals surface area contributed by atoms with E-state index in [-0.39, 0.29) is 6.04 Å². The van der Waals surface area contributed by atoms with Gasteiger partial charge in [0.2, 0.25) is 5.91 Å². The SMILES string of the molecule is CNCCC1CCN(C(=O)[C@H]2CCCCN2)CC1. The summed E-state index contributed by atoms with van der Waals surface area (Å²) in [5, 5.41) is 6.57. The van der Waals surface area contributed by atoms with Crippen LogP contribution < -0.4 is 10.6 Å². The Bertz CT molecular complexity index is 256. The van der Waals surface area contributed by atoms with Gasteiger partial charge in [-0.2, -0.15) is 0 Å². The fraction of sp³-hybridized carbons (Fsp3) is 0.929. The first-order valence-electron chi connectivity index (χ1n) is 7.48. The van der Waals surface area contributed by atoms with Gasteiger partial charge in [0.05, 0.1) is 6.04 Å². The second kappa shape index (κ2) is 7.10. The number of carbonyl (C=O) groups excluding carboxylic acids is 1. The molecule has 4 heteroatoms. The van der Waals surface area contributed by atoms with Gasteiger partial charge in [-0.05, 0) is 58.2 Å². The summed E-state index contributed by atoms with van der Waals surface area (Å²) in [6.45, 7) is 4.04. The number of nitrogens with one attached hydrogen (secondary N) is 2. The molecule has 0 spiro atoms. The molecule has 1 atom stereocenters. The molecule has 1 amide bonds. The van der Waals surface area contributed by atoms with Gasteiger partial charge < -0.3 is 15.5 Å². The van der Waals surface area contributed by atoms with Crippen molar-refractivity contribution in [3.05, 3.63) is 0 Å². The van der Waals surface area contributed by atoms with Crippen molar-refractivity contribution in [3.8, 4) is 0 Å². The van der Waals surface area contributed by atoms with Gasteiger partial charge in [-0.1, -0.05) is 6.42 Å².